The second kappa shape index (κ2) is 7.37. The Morgan fingerprint density at radius 1 is 1.14 bits per heavy atom. The quantitative estimate of drug-likeness (QED) is 0.717. The fraction of sp³-hybridized carbons (Fsp3) is 1.00. The van der Waals surface area contributed by atoms with E-state index < -0.39 is 10.0 Å². The molecule has 2 heterocycles. The van der Waals surface area contributed by atoms with Crippen LogP contribution in [0.1, 0.15) is 20.3 Å². The van der Waals surface area contributed by atoms with Crippen molar-refractivity contribution in [2.75, 3.05) is 58.7 Å². The first kappa shape index (κ1) is 17.1. The molecule has 6 nitrogen and oxygen atoms in total. The number of nitrogens with zero attached hydrogens (tertiary/aromatic N) is 3. The van der Waals surface area contributed by atoms with Gasteiger partial charge in [-0.05, 0) is 20.0 Å². The van der Waals surface area contributed by atoms with Crippen LogP contribution in [0.15, 0.2) is 0 Å². The molecular formula is C14H29N3O3S. The average Bonchev–Trinajstić information content (AvgIpc) is 2.46. The van der Waals surface area contributed by atoms with Gasteiger partial charge in [-0.3, -0.25) is 0 Å². The number of hydrogen-bond donors (Lipinski definition) is 0. The van der Waals surface area contributed by atoms with Crippen LogP contribution in [0.25, 0.3) is 0 Å². The van der Waals surface area contributed by atoms with E-state index in [0.29, 0.717) is 19.7 Å². The molecule has 0 saturated carbocycles. The summed E-state index contributed by atoms with van der Waals surface area (Å²) in [5, 5.41) is 0. The van der Waals surface area contributed by atoms with Gasteiger partial charge >= 0.3 is 0 Å². The van der Waals surface area contributed by atoms with E-state index in [1.807, 2.05) is 7.05 Å². The lowest BCUT2D eigenvalue weighted by atomic mass is 10.1. The van der Waals surface area contributed by atoms with Crippen molar-refractivity contribution in [1.82, 2.24) is 14.1 Å². The fourth-order valence-corrected chi connectivity index (χ4v) is 5.08. The SMILES string of the molecule is CCC1CN(CC)CCN1S(=O)(=O)CC1CN(C)CCO1. The van der Waals surface area contributed by atoms with E-state index in [1.165, 1.54) is 0 Å². The molecular weight excluding hydrogens is 290 g/mol. The zero-order valence-corrected chi connectivity index (χ0v) is 14.3. The molecule has 0 aromatic carbocycles. The lowest BCUT2D eigenvalue weighted by Crippen LogP contribution is -2.56. The number of ether oxygens (including phenoxy) is 1. The topological polar surface area (TPSA) is 53.1 Å². The highest BCUT2D eigenvalue weighted by Crippen LogP contribution is 2.19. The van der Waals surface area contributed by atoms with Crippen molar-refractivity contribution < 1.29 is 13.2 Å². The minimum Gasteiger partial charge on any atom is -0.374 e. The van der Waals surface area contributed by atoms with E-state index in [0.717, 1.165) is 32.6 Å². The molecule has 0 radical (unpaired) electrons. The van der Waals surface area contributed by atoms with Crippen molar-refractivity contribution in [3.63, 3.8) is 0 Å². The predicted octanol–water partition coefficient (Wildman–Crippen LogP) is 0.0629. The van der Waals surface area contributed by atoms with Crippen molar-refractivity contribution in [1.29, 1.82) is 0 Å². The van der Waals surface area contributed by atoms with Gasteiger partial charge in [0.1, 0.15) is 0 Å². The van der Waals surface area contributed by atoms with Gasteiger partial charge in [0.2, 0.25) is 10.0 Å². The van der Waals surface area contributed by atoms with Gasteiger partial charge in [-0.1, -0.05) is 13.8 Å². The van der Waals surface area contributed by atoms with Crippen molar-refractivity contribution >= 4 is 10.0 Å². The van der Waals surface area contributed by atoms with Crippen LogP contribution in [-0.2, 0) is 14.8 Å². The van der Waals surface area contributed by atoms with Gasteiger partial charge < -0.3 is 14.5 Å². The third-order valence-corrected chi connectivity index (χ3v) is 6.52. The molecule has 21 heavy (non-hydrogen) atoms. The second-order valence-electron chi connectivity index (χ2n) is 6.10. The molecule has 0 spiro atoms. The van der Waals surface area contributed by atoms with Crippen molar-refractivity contribution in [2.45, 2.75) is 32.4 Å². The Morgan fingerprint density at radius 3 is 2.52 bits per heavy atom. The predicted molar refractivity (Wildman–Crippen MR) is 83.9 cm³/mol. The summed E-state index contributed by atoms with van der Waals surface area (Å²) in [6.07, 6.45) is 0.664. The van der Waals surface area contributed by atoms with E-state index in [-0.39, 0.29) is 17.9 Å². The van der Waals surface area contributed by atoms with Gasteiger partial charge in [-0.2, -0.15) is 4.31 Å². The molecule has 0 aliphatic carbocycles. The summed E-state index contributed by atoms with van der Waals surface area (Å²) < 4.78 is 32.8. The number of rotatable bonds is 5. The molecule has 0 N–H and O–H groups in total. The minimum absolute atomic E-state index is 0.102. The molecule has 0 amide bonds. The van der Waals surface area contributed by atoms with E-state index in [4.69, 9.17) is 4.74 Å². The van der Waals surface area contributed by atoms with Gasteiger partial charge in [0, 0.05) is 38.8 Å². The van der Waals surface area contributed by atoms with Gasteiger partial charge in [0.25, 0.3) is 0 Å². The lowest BCUT2D eigenvalue weighted by Gasteiger charge is -2.40. The molecule has 2 aliphatic heterocycles. The number of morpholine rings is 1. The van der Waals surface area contributed by atoms with Crippen molar-refractivity contribution in [3.8, 4) is 0 Å². The highest BCUT2D eigenvalue weighted by atomic mass is 32.2. The summed E-state index contributed by atoms with van der Waals surface area (Å²) in [5.74, 6) is 0.111. The highest BCUT2D eigenvalue weighted by molar-refractivity contribution is 7.89. The molecule has 0 aromatic heterocycles. The Kier molecular flexibility index (Phi) is 6.02. The van der Waals surface area contributed by atoms with Crippen LogP contribution in [0.5, 0.6) is 0 Å². The molecule has 2 atom stereocenters. The highest BCUT2D eigenvalue weighted by Gasteiger charge is 2.36. The van der Waals surface area contributed by atoms with Crippen LogP contribution in [0.4, 0.5) is 0 Å². The molecule has 0 bridgehead atoms. The third-order valence-electron chi connectivity index (χ3n) is 4.53. The summed E-state index contributed by atoms with van der Waals surface area (Å²) in [4.78, 5) is 4.46. The molecule has 2 rings (SSSR count). The van der Waals surface area contributed by atoms with Gasteiger partial charge in [0.15, 0.2) is 0 Å². The Balaban J connectivity index is 2.00. The fourth-order valence-electron chi connectivity index (χ4n) is 3.19. The molecule has 124 valence electrons. The second-order valence-corrected chi connectivity index (χ2v) is 8.07. The first-order valence-electron chi connectivity index (χ1n) is 7.98. The van der Waals surface area contributed by atoms with Gasteiger partial charge in [0.05, 0.1) is 18.5 Å². The Bertz CT molecular complexity index is 429. The van der Waals surface area contributed by atoms with Crippen molar-refractivity contribution in [2.24, 2.45) is 0 Å². The molecule has 2 fully saturated rings. The molecule has 2 aliphatic rings. The standard InChI is InChI=1S/C14H29N3O3S/c1-4-13-10-16(5-2)6-7-17(13)21(18,19)12-14-11-15(3)8-9-20-14/h13-14H,4-12H2,1-3H3. The number of piperazine rings is 1. The third kappa shape index (κ3) is 4.39. The van der Waals surface area contributed by atoms with Gasteiger partial charge in [-0.15, -0.1) is 0 Å². The average molecular weight is 319 g/mol. The lowest BCUT2D eigenvalue weighted by molar-refractivity contribution is -0.00766. The first-order valence-corrected chi connectivity index (χ1v) is 9.59. The smallest absolute Gasteiger partial charge is 0.217 e. The largest absolute Gasteiger partial charge is 0.374 e. The van der Waals surface area contributed by atoms with Gasteiger partial charge in [-0.25, -0.2) is 8.42 Å². The maximum Gasteiger partial charge on any atom is 0.217 e. The number of hydrogen-bond acceptors (Lipinski definition) is 5. The monoisotopic (exact) mass is 319 g/mol. The zero-order valence-electron chi connectivity index (χ0n) is 13.5. The summed E-state index contributed by atoms with van der Waals surface area (Å²) >= 11 is 0. The van der Waals surface area contributed by atoms with Crippen LogP contribution < -0.4 is 0 Å². The summed E-state index contributed by atoms with van der Waals surface area (Å²) in [6.45, 7) is 9.67. The van der Waals surface area contributed by atoms with Crippen LogP contribution >= 0.6 is 0 Å². The molecule has 2 unspecified atom stereocenters. The van der Waals surface area contributed by atoms with Crippen LogP contribution in [0.3, 0.4) is 0 Å². The van der Waals surface area contributed by atoms with Crippen molar-refractivity contribution in [3.05, 3.63) is 0 Å². The van der Waals surface area contributed by atoms with Crippen LogP contribution in [0.2, 0.25) is 0 Å². The minimum atomic E-state index is -3.24. The number of likely N-dealkylation sites (N-methyl/N-ethyl adjacent to an activating group) is 2. The Morgan fingerprint density at radius 2 is 1.90 bits per heavy atom. The maximum atomic E-state index is 12.7. The molecule has 2 saturated heterocycles. The summed E-state index contributed by atoms with van der Waals surface area (Å²) in [7, 11) is -1.23. The Labute approximate surface area is 129 Å². The van der Waals surface area contributed by atoms with E-state index >= 15 is 0 Å². The van der Waals surface area contributed by atoms with E-state index in [1.54, 1.807) is 4.31 Å². The number of sulfonamides is 1. The maximum absolute atomic E-state index is 12.7. The Hall–Kier alpha value is -0.210. The van der Waals surface area contributed by atoms with Crippen LogP contribution in [0, 0.1) is 0 Å². The zero-order chi connectivity index (χ0) is 15.5. The molecule has 7 heteroatoms. The van der Waals surface area contributed by atoms with E-state index in [9.17, 15) is 8.42 Å². The van der Waals surface area contributed by atoms with Crippen LogP contribution in [-0.4, -0.2) is 93.3 Å². The normalized spacial score (nSPS) is 30.6. The molecule has 0 aromatic rings. The summed E-state index contributed by atoms with van der Waals surface area (Å²) in [5.41, 5.74) is 0. The first-order chi connectivity index (χ1) is 9.96. The van der Waals surface area contributed by atoms with E-state index in [2.05, 4.69) is 23.6 Å². The summed E-state index contributed by atoms with van der Waals surface area (Å²) in [6, 6.07) is 0.102.